The van der Waals surface area contributed by atoms with Crippen LogP contribution in [0.5, 0.6) is 11.5 Å². The Labute approximate surface area is 157 Å². The maximum absolute atomic E-state index is 12.3. The van der Waals surface area contributed by atoms with Crippen LogP contribution in [0.15, 0.2) is 17.0 Å². The predicted molar refractivity (Wildman–Crippen MR) is 104 cm³/mol. The van der Waals surface area contributed by atoms with Gasteiger partial charge in [0.05, 0.1) is 23.1 Å². The third-order valence-corrected chi connectivity index (χ3v) is 5.29. The van der Waals surface area contributed by atoms with Gasteiger partial charge in [-0.25, -0.2) is 0 Å². The smallest absolute Gasteiger partial charge is 0.266 e. The number of thioether (sulfide) groups is 1. The maximum atomic E-state index is 12.3. The van der Waals surface area contributed by atoms with E-state index in [4.69, 9.17) is 33.3 Å². The molecule has 4 nitrogen and oxygen atoms in total. The van der Waals surface area contributed by atoms with E-state index in [1.807, 2.05) is 26.8 Å². The van der Waals surface area contributed by atoms with Crippen LogP contribution in [0.25, 0.3) is 6.08 Å². The van der Waals surface area contributed by atoms with Crippen molar-refractivity contribution in [3.63, 3.8) is 0 Å². The summed E-state index contributed by atoms with van der Waals surface area (Å²) in [6.07, 6.45) is 2.67. The Morgan fingerprint density at radius 3 is 2.67 bits per heavy atom. The number of carbonyl (C=O) groups is 1. The number of carbonyl (C=O) groups excluding carboxylic acids is 1. The van der Waals surface area contributed by atoms with Gasteiger partial charge < -0.3 is 9.47 Å². The monoisotopic (exact) mass is 385 g/mol. The molecule has 1 saturated heterocycles. The summed E-state index contributed by atoms with van der Waals surface area (Å²) >= 11 is 12.9. The third-order valence-electron chi connectivity index (χ3n) is 3.63. The number of likely N-dealkylation sites (N-methyl/N-ethyl adjacent to an activating group) is 1. The fourth-order valence-electron chi connectivity index (χ4n) is 2.15. The molecule has 2 rings (SSSR count). The molecule has 0 bridgehead atoms. The first kappa shape index (κ1) is 19.1. The van der Waals surface area contributed by atoms with Gasteiger partial charge in [0.1, 0.15) is 4.32 Å². The van der Waals surface area contributed by atoms with E-state index in [2.05, 4.69) is 0 Å². The number of hydrogen-bond acceptors (Lipinski definition) is 5. The van der Waals surface area contributed by atoms with Gasteiger partial charge in [-0.2, -0.15) is 0 Å². The van der Waals surface area contributed by atoms with Gasteiger partial charge in [0.25, 0.3) is 5.91 Å². The number of halogens is 1. The van der Waals surface area contributed by atoms with Crippen molar-refractivity contribution in [1.29, 1.82) is 0 Å². The number of nitrogens with zero attached hydrogens (tertiary/aromatic N) is 1. The first-order valence-electron chi connectivity index (χ1n) is 7.70. The van der Waals surface area contributed by atoms with Gasteiger partial charge in [0.2, 0.25) is 0 Å². The number of ether oxygens (including phenoxy) is 2. The predicted octanol–water partition coefficient (Wildman–Crippen LogP) is 4.75. The second kappa shape index (κ2) is 8.23. The second-order valence-electron chi connectivity index (χ2n) is 5.30. The van der Waals surface area contributed by atoms with E-state index in [-0.39, 0.29) is 12.0 Å². The van der Waals surface area contributed by atoms with E-state index in [1.165, 1.54) is 11.8 Å². The molecule has 1 heterocycles. The summed E-state index contributed by atoms with van der Waals surface area (Å²) in [5.41, 5.74) is 0.768. The fraction of sp³-hybridized carbons (Fsp3) is 0.412. The van der Waals surface area contributed by atoms with Crippen LogP contribution < -0.4 is 9.47 Å². The molecule has 24 heavy (non-hydrogen) atoms. The van der Waals surface area contributed by atoms with E-state index in [0.717, 1.165) is 12.0 Å². The van der Waals surface area contributed by atoms with Crippen molar-refractivity contribution in [2.24, 2.45) is 0 Å². The third kappa shape index (κ3) is 4.05. The summed E-state index contributed by atoms with van der Waals surface area (Å²) < 4.78 is 11.8. The average Bonchev–Trinajstić information content (AvgIpc) is 2.82. The van der Waals surface area contributed by atoms with E-state index in [1.54, 1.807) is 24.2 Å². The number of benzene rings is 1. The molecule has 1 aromatic carbocycles. The summed E-state index contributed by atoms with van der Waals surface area (Å²) in [6, 6.07) is 3.57. The van der Waals surface area contributed by atoms with E-state index in [0.29, 0.717) is 32.3 Å². The Balaban J connectivity index is 2.36. The van der Waals surface area contributed by atoms with Gasteiger partial charge in [-0.1, -0.05) is 42.5 Å². The van der Waals surface area contributed by atoms with Gasteiger partial charge in [0.15, 0.2) is 11.5 Å². The Morgan fingerprint density at radius 2 is 2.12 bits per heavy atom. The molecule has 1 atom stereocenters. The molecule has 0 saturated carbocycles. The van der Waals surface area contributed by atoms with Gasteiger partial charge in [-0.3, -0.25) is 9.69 Å². The maximum Gasteiger partial charge on any atom is 0.266 e. The first-order valence-corrected chi connectivity index (χ1v) is 9.31. The van der Waals surface area contributed by atoms with Gasteiger partial charge in [0, 0.05) is 6.54 Å². The molecule has 0 aromatic heterocycles. The van der Waals surface area contributed by atoms with Crippen LogP contribution in [-0.2, 0) is 4.79 Å². The van der Waals surface area contributed by atoms with E-state index < -0.39 is 0 Å². The van der Waals surface area contributed by atoms with E-state index in [9.17, 15) is 4.79 Å². The van der Waals surface area contributed by atoms with Crippen molar-refractivity contribution in [3.05, 3.63) is 27.6 Å². The minimum absolute atomic E-state index is 0.0306. The number of hydrogen-bond donors (Lipinski definition) is 0. The van der Waals surface area contributed by atoms with Crippen LogP contribution in [0, 0.1) is 0 Å². The number of methoxy groups -OCH3 is 1. The lowest BCUT2D eigenvalue weighted by Gasteiger charge is -2.17. The molecule has 1 amide bonds. The molecule has 1 aliphatic heterocycles. The number of rotatable bonds is 6. The standard InChI is InChI=1S/C17H20ClNO3S2/c1-5-10(3)22-15-12(18)7-11(8-13(15)21-4)9-14-16(20)19(6-2)17(23)24-14/h7-10H,5-6H2,1-4H3/b14-9-/t10-/m0/s1. The topological polar surface area (TPSA) is 38.8 Å². The first-order chi connectivity index (χ1) is 11.4. The van der Waals surface area contributed by atoms with Gasteiger partial charge >= 0.3 is 0 Å². The Morgan fingerprint density at radius 1 is 1.42 bits per heavy atom. The lowest BCUT2D eigenvalue weighted by Crippen LogP contribution is -2.27. The molecule has 0 aliphatic carbocycles. The molecule has 1 aromatic rings. The molecular weight excluding hydrogens is 366 g/mol. The Kier molecular flexibility index (Phi) is 6.54. The fourth-order valence-corrected chi connectivity index (χ4v) is 3.79. The lowest BCUT2D eigenvalue weighted by atomic mass is 10.1. The second-order valence-corrected chi connectivity index (χ2v) is 7.38. The highest BCUT2D eigenvalue weighted by atomic mass is 35.5. The minimum atomic E-state index is -0.0810. The Bertz CT molecular complexity index is 691. The van der Waals surface area contributed by atoms with Gasteiger partial charge in [-0.15, -0.1) is 0 Å². The summed E-state index contributed by atoms with van der Waals surface area (Å²) in [4.78, 5) is 14.5. The summed E-state index contributed by atoms with van der Waals surface area (Å²) in [5, 5.41) is 0.451. The van der Waals surface area contributed by atoms with Crippen LogP contribution in [0.2, 0.25) is 5.02 Å². The molecule has 7 heteroatoms. The summed E-state index contributed by atoms with van der Waals surface area (Å²) in [6.45, 7) is 6.47. The summed E-state index contributed by atoms with van der Waals surface area (Å²) in [7, 11) is 1.56. The van der Waals surface area contributed by atoms with Crippen molar-refractivity contribution in [2.45, 2.75) is 33.3 Å². The minimum Gasteiger partial charge on any atom is -0.493 e. The highest BCUT2D eigenvalue weighted by Crippen LogP contribution is 2.39. The van der Waals surface area contributed by atoms with Crippen molar-refractivity contribution in [1.82, 2.24) is 4.90 Å². The van der Waals surface area contributed by atoms with Crippen LogP contribution in [0.4, 0.5) is 0 Å². The molecule has 1 fully saturated rings. The van der Waals surface area contributed by atoms with Gasteiger partial charge in [-0.05, 0) is 44.0 Å². The van der Waals surface area contributed by atoms with Crippen LogP contribution in [0.1, 0.15) is 32.8 Å². The quantitative estimate of drug-likeness (QED) is 0.522. The largest absolute Gasteiger partial charge is 0.493 e. The Hall–Kier alpha value is -1.24. The number of thiocarbonyl (C=S) groups is 1. The molecule has 0 unspecified atom stereocenters. The van der Waals surface area contributed by atoms with Crippen LogP contribution >= 0.6 is 35.6 Å². The van der Waals surface area contributed by atoms with Crippen molar-refractivity contribution < 1.29 is 14.3 Å². The zero-order valence-corrected chi connectivity index (χ0v) is 16.5. The highest BCUT2D eigenvalue weighted by Gasteiger charge is 2.30. The summed E-state index contributed by atoms with van der Waals surface area (Å²) in [5.74, 6) is 0.981. The van der Waals surface area contributed by atoms with E-state index >= 15 is 0 Å². The molecule has 0 radical (unpaired) electrons. The highest BCUT2D eigenvalue weighted by molar-refractivity contribution is 8.26. The van der Waals surface area contributed by atoms with Crippen molar-refractivity contribution in [2.75, 3.05) is 13.7 Å². The average molecular weight is 386 g/mol. The SMILES string of the molecule is CC[C@H](C)Oc1c(Cl)cc(/C=C2\SC(=S)N(CC)C2=O)cc1OC. The van der Waals surface area contributed by atoms with Crippen LogP contribution in [0.3, 0.4) is 0 Å². The zero-order chi connectivity index (χ0) is 17.9. The molecule has 0 spiro atoms. The normalized spacial score (nSPS) is 17.5. The van der Waals surface area contributed by atoms with Crippen LogP contribution in [-0.4, -0.2) is 34.9 Å². The lowest BCUT2D eigenvalue weighted by molar-refractivity contribution is -0.121. The van der Waals surface area contributed by atoms with Crippen molar-refractivity contribution >= 4 is 51.9 Å². The zero-order valence-electron chi connectivity index (χ0n) is 14.1. The number of amides is 1. The van der Waals surface area contributed by atoms with Crippen molar-refractivity contribution in [3.8, 4) is 11.5 Å². The molecule has 0 N–H and O–H groups in total. The molecule has 1 aliphatic rings. The molecular formula is C17H20ClNO3S2. The molecule has 130 valence electrons.